The lowest BCUT2D eigenvalue weighted by Crippen LogP contribution is -2.50. The van der Waals surface area contributed by atoms with E-state index in [1.165, 1.54) is 5.56 Å². The van der Waals surface area contributed by atoms with Crippen LogP contribution < -0.4 is 0 Å². The van der Waals surface area contributed by atoms with Gasteiger partial charge in [-0.05, 0) is 6.92 Å². The molecule has 0 spiro atoms. The second-order valence-electron chi connectivity index (χ2n) is 6.94. The fraction of sp³-hybridized carbons (Fsp3) is 0.350. The van der Waals surface area contributed by atoms with Crippen LogP contribution in [0.1, 0.15) is 18.2 Å². The number of aryl methyl sites for hydroxylation is 1. The predicted octanol–water partition coefficient (Wildman–Crippen LogP) is 2.60. The summed E-state index contributed by atoms with van der Waals surface area (Å²) in [4.78, 5) is 33.4. The number of carbonyl (C=O) groups is 2. The van der Waals surface area contributed by atoms with Gasteiger partial charge < -0.3 is 9.80 Å². The van der Waals surface area contributed by atoms with Crippen molar-refractivity contribution in [2.75, 3.05) is 26.2 Å². The van der Waals surface area contributed by atoms with E-state index in [2.05, 4.69) is 31.2 Å². The van der Waals surface area contributed by atoms with Gasteiger partial charge in [-0.1, -0.05) is 29.8 Å². The summed E-state index contributed by atoms with van der Waals surface area (Å²) in [7, 11) is 0. The Hall–Kier alpha value is -2.67. The maximum absolute atomic E-state index is 12.7. The van der Waals surface area contributed by atoms with Crippen molar-refractivity contribution in [1.82, 2.24) is 19.2 Å². The quantitative estimate of drug-likeness (QED) is 0.700. The number of carbonyl (C=O) groups excluding carboxylic acids is 2. The highest BCUT2D eigenvalue weighted by molar-refractivity contribution is 7.15. The first-order chi connectivity index (χ1) is 13.0. The zero-order valence-electron chi connectivity index (χ0n) is 15.5. The normalized spacial score (nSPS) is 14.7. The van der Waals surface area contributed by atoms with Crippen molar-refractivity contribution in [1.29, 1.82) is 0 Å². The molecule has 2 amide bonds. The second kappa shape index (κ2) is 7.15. The summed E-state index contributed by atoms with van der Waals surface area (Å²) in [5.74, 6) is 0.173. The molecule has 1 fully saturated rings. The van der Waals surface area contributed by atoms with Crippen LogP contribution in [0.4, 0.5) is 0 Å². The first-order valence-corrected chi connectivity index (χ1v) is 9.95. The van der Waals surface area contributed by atoms with Gasteiger partial charge in [-0.25, -0.2) is 4.98 Å². The van der Waals surface area contributed by atoms with Crippen LogP contribution in [0.5, 0.6) is 0 Å². The van der Waals surface area contributed by atoms with Crippen molar-refractivity contribution >= 4 is 28.1 Å². The fourth-order valence-corrected chi connectivity index (χ4v) is 4.23. The molecule has 6 nitrogen and oxygen atoms in total. The van der Waals surface area contributed by atoms with Gasteiger partial charge >= 0.3 is 0 Å². The third-order valence-electron chi connectivity index (χ3n) is 5.04. The number of piperazine rings is 1. The van der Waals surface area contributed by atoms with Gasteiger partial charge in [0.05, 0.1) is 12.1 Å². The lowest BCUT2D eigenvalue weighted by atomic mass is 10.1. The molecule has 1 aromatic carbocycles. The van der Waals surface area contributed by atoms with Gasteiger partial charge in [0.1, 0.15) is 0 Å². The van der Waals surface area contributed by atoms with E-state index in [1.54, 1.807) is 23.2 Å². The van der Waals surface area contributed by atoms with Crippen molar-refractivity contribution in [3.8, 4) is 11.3 Å². The van der Waals surface area contributed by atoms with E-state index >= 15 is 0 Å². The van der Waals surface area contributed by atoms with E-state index in [0.717, 1.165) is 21.9 Å². The van der Waals surface area contributed by atoms with E-state index in [0.29, 0.717) is 32.6 Å². The molecule has 0 unspecified atom stereocenters. The smallest absolute Gasteiger partial charge is 0.228 e. The molecule has 0 aliphatic carbocycles. The van der Waals surface area contributed by atoms with Crippen LogP contribution in [0, 0.1) is 6.92 Å². The second-order valence-corrected chi connectivity index (χ2v) is 7.77. The van der Waals surface area contributed by atoms with Gasteiger partial charge in [0.15, 0.2) is 4.96 Å². The average Bonchev–Trinajstić information content (AvgIpc) is 3.24. The number of fused-ring (bicyclic) bond motifs is 1. The van der Waals surface area contributed by atoms with Crippen molar-refractivity contribution in [2.24, 2.45) is 0 Å². The highest BCUT2D eigenvalue weighted by atomic mass is 32.1. The molecule has 0 atom stereocenters. The summed E-state index contributed by atoms with van der Waals surface area (Å²) < 4.78 is 2.02. The fourth-order valence-electron chi connectivity index (χ4n) is 3.36. The third-order valence-corrected chi connectivity index (χ3v) is 5.93. The lowest BCUT2D eigenvalue weighted by molar-refractivity contribution is -0.138. The number of amides is 2. The summed E-state index contributed by atoms with van der Waals surface area (Å²) in [5.41, 5.74) is 4.18. The maximum atomic E-state index is 12.7. The SMILES string of the molecule is CC(=O)N1CCN(C(=O)Cc2csc3nc(-c4ccc(C)cc4)cn23)CC1. The van der Waals surface area contributed by atoms with E-state index in [4.69, 9.17) is 4.98 Å². The van der Waals surface area contributed by atoms with Gasteiger partial charge in [-0.2, -0.15) is 0 Å². The Kier molecular flexibility index (Phi) is 4.70. The molecule has 3 heterocycles. The minimum Gasteiger partial charge on any atom is -0.339 e. The Morgan fingerprint density at radius 2 is 1.74 bits per heavy atom. The molecule has 0 saturated carbocycles. The predicted molar refractivity (Wildman–Crippen MR) is 106 cm³/mol. The topological polar surface area (TPSA) is 57.9 Å². The number of benzene rings is 1. The monoisotopic (exact) mass is 382 g/mol. The van der Waals surface area contributed by atoms with Gasteiger partial charge in [-0.3, -0.25) is 14.0 Å². The molecule has 140 valence electrons. The molecule has 7 heteroatoms. The van der Waals surface area contributed by atoms with Gasteiger partial charge in [-0.15, -0.1) is 11.3 Å². The molecular formula is C20H22N4O2S. The first kappa shape index (κ1) is 17.7. The molecule has 27 heavy (non-hydrogen) atoms. The molecule has 0 N–H and O–H groups in total. The molecule has 3 aromatic rings. The average molecular weight is 382 g/mol. The van der Waals surface area contributed by atoms with Gasteiger partial charge in [0.25, 0.3) is 0 Å². The summed E-state index contributed by atoms with van der Waals surface area (Å²) in [6.45, 7) is 6.07. The Morgan fingerprint density at radius 3 is 2.41 bits per heavy atom. The number of imidazole rings is 1. The Bertz CT molecular complexity index is 981. The minimum atomic E-state index is 0.0729. The summed E-state index contributed by atoms with van der Waals surface area (Å²) in [6, 6.07) is 8.30. The van der Waals surface area contributed by atoms with Crippen molar-refractivity contribution < 1.29 is 9.59 Å². The van der Waals surface area contributed by atoms with Crippen LogP contribution in [0.3, 0.4) is 0 Å². The Morgan fingerprint density at radius 1 is 1.07 bits per heavy atom. The van der Waals surface area contributed by atoms with E-state index in [1.807, 2.05) is 20.9 Å². The van der Waals surface area contributed by atoms with Crippen LogP contribution >= 0.6 is 11.3 Å². The Balaban J connectivity index is 1.48. The van der Waals surface area contributed by atoms with Crippen LogP contribution in [-0.2, 0) is 16.0 Å². The molecular weight excluding hydrogens is 360 g/mol. The molecule has 2 aromatic heterocycles. The summed E-state index contributed by atoms with van der Waals surface area (Å²) in [6.07, 6.45) is 2.36. The van der Waals surface area contributed by atoms with Crippen LogP contribution in [0.25, 0.3) is 16.2 Å². The lowest BCUT2D eigenvalue weighted by Gasteiger charge is -2.34. The van der Waals surface area contributed by atoms with Crippen molar-refractivity contribution in [3.63, 3.8) is 0 Å². The number of aromatic nitrogens is 2. The molecule has 1 aliphatic rings. The number of hydrogen-bond acceptors (Lipinski definition) is 4. The van der Waals surface area contributed by atoms with Crippen molar-refractivity contribution in [3.05, 3.63) is 47.1 Å². The summed E-state index contributed by atoms with van der Waals surface area (Å²) in [5, 5.41) is 2.00. The number of rotatable bonds is 3. The third kappa shape index (κ3) is 3.60. The van der Waals surface area contributed by atoms with Crippen molar-refractivity contribution in [2.45, 2.75) is 20.3 Å². The largest absolute Gasteiger partial charge is 0.339 e. The molecule has 1 saturated heterocycles. The molecule has 0 radical (unpaired) electrons. The van der Waals surface area contributed by atoms with E-state index in [-0.39, 0.29) is 11.8 Å². The van der Waals surface area contributed by atoms with Crippen LogP contribution in [0.15, 0.2) is 35.8 Å². The minimum absolute atomic E-state index is 0.0729. The first-order valence-electron chi connectivity index (χ1n) is 9.07. The molecule has 1 aliphatic heterocycles. The maximum Gasteiger partial charge on any atom is 0.228 e. The van der Waals surface area contributed by atoms with Crippen LogP contribution in [-0.4, -0.2) is 57.2 Å². The number of hydrogen-bond donors (Lipinski definition) is 0. The number of thiazole rings is 1. The zero-order chi connectivity index (χ0) is 19.0. The zero-order valence-corrected chi connectivity index (χ0v) is 16.3. The highest BCUT2D eigenvalue weighted by Gasteiger charge is 2.23. The van der Waals surface area contributed by atoms with Gasteiger partial charge in [0, 0.05) is 55.9 Å². The van der Waals surface area contributed by atoms with E-state index in [9.17, 15) is 9.59 Å². The van der Waals surface area contributed by atoms with Crippen LogP contribution in [0.2, 0.25) is 0 Å². The standard InChI is InChI=1S/C20H22N4O2S/c1-14-3-5-16(6-4-14)18-12-24-17(13-27-20(24)21-18)11-19(26)23-9-7-22(8-10-23)15(2)25/h3-6,12-13H,7-11H2,1-2H3. The highest BCUT2D eigenvalue weighted by Crippen LogP contribution is 2.24. The molecule has 4 rings (SSSR count). The molecule has 0 bridgehead atoms. The van der Waals surface area contributed by atoms with E-state index < -0.39 is 0 Å². The number of nitrogens with zero attached hydrogens (tertiary/aromatic N) is 4. The van der Waals surface area contributed by atoms with Gasteiger partial charge in [0.2, 0.25) is 11.8 Å². The summed E-state index contributed by atoms with van der Waals surface area (Å²) >= 11 is 1.55. The Labute approximate surface area is 162 Å².